The van der Waals surface area contributed by atoms with Gasteiger partial charge in [0, 0.05) is 31.5 Å². The topological polar surface area (TPSA) is 133 Å². The third kappa shape index (κ3) is 6.03. The number of anilines is 1. The molecule has 0 radical (unpaired) electrons. The van der Waals surface area contributed by atoms with Crippen molar-refractivity contribution in [2.45, 2.75) is 64.5 Å². The standard InChI is InChI=1S/C24H32N8O2.C2H2/c1-4-6-20(33)28-14-7-10-19(27-13-14)21-15-8-11-17-18(30-24(34)29-17)12-9-16(15)22(32-31-21)23(25-3)26-5-2;1-2/h5,7,10,13,15-18H,4,6,8-9,11-12H2,1-3H3,(H,28,33)(H2,29,30,34);1-2H. The lowest BCUT2D eigenvalue weighted by Crippen LogP contribution is -2.43. The average molecular weight is 491 g/mol. The van der Waals surface area contributed by atoms with E-state index in [1.165, 1.54) is 0 Å². The van der Waals surface area contributed by atoms with Crippen LogP contribution in [0.3, 0.4) is 0 Å². The Morgan fingerprint density at radius 2 is 1.83 bits per heavy atom. The first-order valence-electron chi connectivity index (χ1n) is 12.3. The number of amidine groups is 1. The minimum absolute atomic E-state index is 0.0222. The van der Waals surface area contributed by atoms with E-state index in [2.05, 4.69) is 54.0 Å². The van der Waals surface area contributed by atoms with Crippen molar-refractivity contribution in [2.24, 2.45) is 32.0 Å². The quantitative estimate of drug-likeness (QED) is 0.332. The van der Waals surface area contributed by atoms with Crippen LogP contribution in [-0.2, 0) is 4.79 Å². The van der Waals surface area contributed by atoms with Crippen LogP contribution in [0.5, 0.6) is 0 Å². The van der Waals surface area contributed by atoms with Gasteiger partial charge in [0.2, 0.25) is 5.91 Å². The van der Waals surface area contributed by atoms with E-state index in [-0.39, 0.29) is 35.9 Å². The lowest BCUT2D eigenvalue weighted by atomic mass is 9.73. The summed E-state index contributed by atoms with van der Waals surface area (Å²) in [6.07, 6.45) is 16.0. The Morgan fingerprint density at radius 3 is 2.42 bits per heavy atom. The minimum atomic E-state index is -0.101. The van der Waals surface area contributed by atoms with Gasteiger partial charge < -0.3 is 16.0 Å². The summed E-state index contributed by atoms with van der Waals surface area (Å²) in [5.41, 5.74) is 3.02. The van der Waals surface area contributed by atoms with E-state index in [0.29, 0.717) is 17.9 Å². The fourth-order valence-corrected chi connectivity index (χ4v) is 5.04. The van der Waals surface area contributed by atoms with E-state index in [1.807, 2.05) is 26.0 Å². The van der Waals surface area contributed by atoms with Gasteiger partial charge in [0.05, 0.1) is 35.4 Å². The number of rotatable bonds is 5. The van der Waals surface area contributed by atoms with Crippen molar-refractivity contribution in [2.75, 3.05) is 12.4 Å². The number of amides is 3. The molecule has 10 nitrogen and oxygen atoms in total. The highest BCUT2D eigenvalue weighted by atomic mass is 16.2. The van der Waals surface area contributed by atoms with E-state index < -0.39 is 0 Å². The van der Waals surface area contributed by atoms with Gasteiger partial charge in [-0.05, 0) is 51.2 Å². The van der Waals surface area contributed by atoms with Gasteiger partial charge in [-0.3, -0.25) is 14.8 Å². The first-order chi connectivity index (χ1) is 17.5. The number of fused-ring (bicyclic) bond motifs is 2. The third-order valence-corrected chi connectivity index (χ3v) is 6.63. The molecule has 2 aliphatic heterocycles. The molecule has 0 spiro atoms. The molecule has 1 saturated heterocycles. The molecule has 36 heavy (non-hydrogen) atoms. The number of nitrogens with one attached hydrogen (secondary N) is 3. The second kappa shape index (κ2) is 12.7. The highest BCUT2D eigenvalue weighted by molar-refractivity contribution is 6.44. The Kier molecular flexibility index (Phi) is 9.45. The van der Waals surface area contributed by atoms with Crippen molar-refractivity contribution < 1.29 is 9.59 Å². The van der Waals surface area contributed by atoms with E-state index in [4.69, 9.17) is 0 Å². The molecule has 1 saturated carbocycles. The molecule has 1 aromatic rings. The summed E-state index contributed by atoms with van der Waals surface area (Å²) in [4.78, 5) is 37.3. The molecule has 1 aliphatic carbocycles. The molecule has 2 fully saturated rings. The maximum Gasteiger partial charge on any atom is 0.315 e. The van der Waals surface area contributed by atoms with Gasteiger partial charge in [-0.25, -0.2) is 9.79 Å². The van der Waals surface area contributed by atoms with Crippen LogP contribution in [-0.4, -0.2) is 59.5 Å². The Bertz CT molecular complexity index is 1090. The number of nitrogens with zero attached hydrogens (tertiary/aromatic N) is 5. The maximum absolute atomic E-state index is 11.9. The molecule has 0 aromatic carbocycles. The van der Waals surface area contributed by atoms with Gasteiger partial charge >= 0.3 is 6.03 Å². The van der Waals surface area contributed by atoms with Crippen molar-refractivity contribution in [3.05, 3.63) is 24.0 Å². The largest absolute Gasteiger partial charge is 0.333 e. The smallest absolute Gasteiger partial charge is 0.315 e. The van der Waals surface area contributed by atoms with Gasteiger partial charge in [0.25, 0.3) is 0 Å². The fourth-order valence-electron chi connectivity index (χ4n) is 5.04. The van der Waals surface area contributed by atoms with E-state index in [0.717, 1.165) is 49.2 Å². The fraction of sp³-hybridized carbons (Fsp3) is 0.500. The molecule has 3 amide bonds. The van der Waals surface area contributed by atoms with Crippen molar-refractivity contribution in [3.63, 3.8) is 0 Å². The third-order valence-electron chi connectivity index (χ3n) is 6.63. The predicted molar refractivity (Wildman–Crippen MR) is 144 cm³/mol. The number of hydrogen-bond acceptors (Lipinski definition) is 6. The van der Waals surface area contributed by atoms with Crippen molar-refractivity contribution in [1.29, 1.82) is 0 Å². The lowest BCUT2D eigenvalue weighted by Gasteiger charge is -2.35. The first kappa shape index (κ1) is 26.7. The predicted octanol–water partition coefficient (Wildman–Crippen LogP) is 3.20. The summed E-state index contributed by atoms with van der Waals surface area (Å²) in [5.74, 6) is 0.709. The van der Waals surface area contributed by atoms with Crippen LogP contribution in [0.2, 0.25) is 0 Å². The summed E-state index contributed by atoms with van der Waals surface area (Å²) >= 11 is 0. The number of hydrogen-bond donors (Lipinski definition) is 3. The van der Waals surface area contributed by atoms with Gasteiger partial charge in [0.1, 0.15) is 5.71 Å². The zero-order valence-corrected chi connectivity index (χ0v) is 21.1. The molecule has 3 N–H and O–H groups in total. The van der Waals surface area contributed by atoms with Crippen LogP contribution in [0.15, 0.2) is 38.5 Å². The summed E-state index contributed by atoms with van der Waals surface area (Å²) in [5, 5.41) is 18.2. The van der Waals surface area contributed by atoms with E-state index in [1.54, 1.807) is 19.5 Å². The van der Waals surface area contributed by atoms with Crippen molar-refractivity contribution in [3.8, 4) is 12.8 Å². The van der Waals surface area contributed by atoms with Gasteiger partial charge in [-0.2, -0.15) is 10.2 Å². The molecule has 0 bridgehead atoms. The molecule has 4 rings (SSSR count). The molecule has 10 heteroatoms. The molecule has 3 aliphatic rings. The first-order valence-corrected chi connectivity index (χ1v) is 12.3. The molecule has 1 aromatic heterocycles. The monoisotopic (exact) mass is 490 g/mol. The number of carbonyl (C=O) groups is 2. The van der Waals surface area contributed by atoms with Crippen LogP contribution in [0, 0.1) is 24.7 Å². The minimum Gasteiger partial charge on any atom is -0.333 e. The van der Waals surface area contributed by atoms with Crippen LogP contribution in [0.1, 0.15) is 58.1 Å². The summed E-state index contributed by atoms with van der Waals surface area (Å²) in [6.45, 7) is 3.83. The van der Waals surface area contributed by atoms with E-state index >= 15 is 0 Å². The van der Waals surface area contributed by atoms with Crippen molar-refractivity contribution in [1.82, 2.24) is 15.6 Å². The number of urea groups is 1. The molecule has 190 valence electrons. The Labute approximate surface area is 212 Å². The zero-order chi connectivity index (χ0) is 26.1. The molecule has 3 heterocycles. The second-order valence-electron chi connectivity index (χ2n) is 8.83. The zero-order valence-electron chi connectivity index (χ0n) is 21.1. The number of pyridine rings is 1. The van der Waals surface area contributed by atoms with Crippen LogP contribution < -0.4 is 16.0 Å². The average Bonchev–Trinajstić information content (AvgIpc) is 3.23. The molecule has 4 atom stereocenters. The Balaban J connectivity index is 0.00000176. The number of carbonyl (C=O) groups excluding carboxylic acids is 2. The Hall–Kier alpha value is -3.87. The Morgan fingerprint density at radius 1 is 1.14 bits per heavy atom. The normalized spacial score (nSPS) is 25.5. The highest BCUT2D eigenvalue weighted by Gasteiger charge is 2.42. The summed E-state index contributed by atoms with van der Waals surface area (Å²) in [7, 11) is 1.71. The number of aromatic nitrogens is 1. The van der Waals surface area contributed by atoms with Crippen LogP contribution in [0.4, 0.5) is 10.5 Å². The number of terminal acetylenes is 1. The summed E-state index contributed by atoms with van der Waals surface area (Å²) < 4.78 is 0. The SMILES string of the molecule is C#C.CC=NC(=NC)C1=NN=C(c2ccc(NC(=O)CCC)cn2)C2CCC3NC(=O)NC3CCC12. The number of aliphatic imine (C=N–C) groups is 2. The lowest BCUT2D eigenvalue weighted by molar-refractivity contribution is -0.116. The highest BCUT2D eigenvalue weighted by Crippen LogP contribution is 2.36. The van der Waals surface area contributed by atoms with Crippen molar-refractivity contribution >= 4 is 41.1 Å². The second-order valence-corrected chi connectivity index (χ2v) is 8.83. The maximum atomic E-state index is 11.9. The molecule has 4 unspecified atom stereocenters. The van der Waals surface area contributed by atoms with Gasteiger partial charge in [0.15, 0.2) is 5.84 Å². The van der Waals surface area contributed by atoms with Gasteiger partial charge in [-0.15, -0.1) is 12.8 Å². The van der Waals surface area contributed by atoms with E-state index in [9.17, 15) is 9.59 Å². The molecular weight excluding hydrogens is 456 g/mol. The summed E-state index contributed by atoms with van der Waals surface area (Å²) in [6, 6.07) is 3.85. The molecular formula is C26H34N8O2. The van der Waals surface area contributed by atoms with Crippen LogP contribution >= 0.6 is 0 Å². The van der Waals surface area contributed by atoms with Crippen LogP contribution in [0.25, 0.3) is 0 Å². The van der Waals surface area contributed by atoms with Gasteiger partial charge in [-0.1, -0.05) is 6.92 Å².